The van der Waals surface area contributed by atoms with Crippen LogP contribution in [0.5, 0.6) is 0 Å². The van der Waals surface area contributed by atoms with Crippen molar-refractivity contribution in [3.05, 3.63) is 330 Å². The average Bonchev–Trinajstić information content (AvgIpc) is 4.27. The Morgan fingerprint density at radius 2 is 0.613 bits per heavy atom. The normalized spacial score (nSPS) is 13.8. The zero-order valence-electron chi connectivity index (χ0n) is 41.1. The fraction of sp³-hybridized carbons (Fsp3) is 0.0270. The molecule has 0 aromatic heterocycles. The van der Waals surface area contributed by atoms with Crippen LogP contribution in [0.4, 0.5) is 17.1 Å². The molecule has 0 heterocycles. The van der Waals surface area contributed by atoms with Crippen molar-refractivity contribution in [1.29, 1.82) is 0 Å². The van der Waals surface area contributed by atoms with E-state index >= 15 is 0 Å². The van der Waals surface area contributed by atoms with Gasteiger partial charge in [-0.05, 0) is 158 Å². The maximum Gasteiger partial charge on any atom is 0.0726 e. The van der Waals surface area contributed by atoms with Crippen molar-refractivity contribution in [1.82, 2.24) is 0 Å². The van der Waals surface area contributed by atoms with Crippen LogP contribution in [0.1, 0.15) is 44.5 Å². The molecule has 75 heavy (non-hydrogen) atoms. The Kier molecular flexibility index (Phi) is 8.94. The Labute approximate surface area is 436 Å². The van der Waals surface area contributed by atoms with Gasteiger partial charge < -0.3 is 4.90 Å². The molecule has 16 rings (SSSR count). The molecule has 1 spiro atoms. The number of para-hydroxylation sites is 1. The number of benzene rings is 13. The van der Waals surface area contributed by atoms with Gasteiger partial charge in [0.1, 0.15) is 0 Å². The highest BCUT2D eigenvalue weighted by Gasteiger charge is 2.52. The van der Waals surface area contributed by atoms with Crippen molar-refractivity contribution >= 4 is 49.4 Å². The van der Waals surface area contributed by atoms with Crippen LogP contribution >= 0.6 is 0 Å². The highest BCUT2D eigenvalue weighted by atomic mass is 15.1. The summed E-state index contributed by atoms with van der Waals surface area (Å²) < 4.78 is 0. The molecule has 0 radical (unpaired) electrons. The van der Waals surface area contributed by atoms with E-state index in [2.05, 4.69) is 290 Å². The first kappa shape index (κ1) is 42.0. The summed E-state index contributed by atoms with van der Waals surface area (Å²) in [6, 6.07) is 107. The van der Waals surface area contributed by atoms with E-state index in [9.17, 15) is 0 Å². The summed E-state index contributed by atoms with van der Waals surface area (Å²) in [5.41, 5.74) is 22.6. The second kappa shape index (κ2) is 16.0. The predicted molar refractivity (Wildman–Crippen MR) is 313 cm³/mol. The van der Waals surface area contributed by atoms with Gasteiger partial charge in [0.25, 0.3) is 0 Å². The van der Waals surface area contributed by atoms with Crippen molar-refractivity contribution in [3.8, 4) is 44.5 Å². The molecule has 0 atom stereocenters. The average molecular weight is 950 g/mol. The van der Waals surface area contributed by atoms with Gasteiger partial charge in [-0.2, -0.15) is 0 Å². The molecule has 0 bridgehead atoms. The lowest BCUT2D eigenvalue weighted by molar-refractivity contribution is 0.769. The summed E-state index contributed by atoms with van der Waals surface area (Å²) in [7, 11) is 0. The molecule has 3 aliphatic carbocycles. The third-order valence-corrected chi connectivity index (χ3v) is 17.1. The Bertz CT molecular complexity index is 4350. The SMILES string of the molecule is c1ccc(N(c2ccc3c4ccccc4c4ccccc4c3c2)c2cc3c(cc2-c2ccc4c(c2)C(c2ccccc2)(c2ccccc2)c2ccccc2-4)-c2ccccc2C32c3ccccc3-c3ccccc32)cc1. The van der Waals surface area contributed by atoms with Gasteiger partial charge in [-0.1, -0.05) is 243 Å². The molecule has 3 aliphatic rings. The van der Waals surface area contributed by atoms with Crippen LogP contribution in [0.25, 0.3) is 76.8 Å². The maximum atomic E-state index is 2.59. The van der Waals surface area contributed by atoms with E-state index in [1.807, 2.05) is 0 Å². The monoisotopic (exact) mass is 949 g/mol. The largest absolute Gasteiger partial charge is 0.310 e. The summed E-state index contributed by atoms with van der Waals surface area (Å²) in [5, 5.41) is 7.54. The van der Waals surface area contributed by atoms with Crippen LogP contribution in [-0.4, -0.2) is 0 Å². The second-order valence-electron chi connectivity index (χ2n) is 20.6. The molecule has 0 fully saturated rings. The third-order valence-electron chi connectivity index (χ3n) is 17.1. The quantitative estimate of drug-likeness (QED) is 0.150. The minimum atomic E-state index is -0.559. The molecule has 0 N–H and O–H groups in total. The van der Waals surface area contributed by atoms with Gasteiger partial charge in [-0.25, -0.2) is 0 Å². The highest BCUT2D eigenvalue weighted by Crippen LogP contribution is 2.65. The summed E-state index contributed by atoms with van der Waals surface area (Å²) in [6.45, 7) is 0. The van der Waals surface area contributed by atoms with E-state index in [1.54, 1.807) is 0 Å². The van der Waals surface area contributed by atoms with E-state index < -0.39 is 10.8 Å². The zero-order valence-corrected chi connectivity index (χ0v) is 41.1. The van der Waals surface area contributed by atoms with Gasteiger partial charge in [-0.15, -0.1) is 0 Å². The number of fused-ring (bicyclic) bond motifs is 19. The lowest BCUT2D eigenvalue weighted by atomic mass is 9.67. The zero-order chi connectivity index (χ0) is 49.2. The number of nitrogens with zero attached hydrogens (tertiary/aromatic N) is 1. The van der Waals surface area contributed by atoms with Gasteiger partial charge >= 0.3 is 0 Å². The van der Waals surface area contributed by atoms with Crippen molar-refractivity contribution in [3.63, 3.8) is 0 Å². The van der Waals surface area contributed by atoms with Crippen LogP contribution in [0.3, 0.4) is 0 Å². The van der Waals surface area contributed by atoms with Crippen LogP contribution in [-0.2, 0) is 10.8 Å². The lowest BCUT2D eigenvalue weighted by Crippen LogP contribution is -2.28. The van der Waals surface area contributed by atoms with E-state index in [4.69, 9.17) is 0 Å². The first-order valence-corrected chi connectivity index (χ1v) is 26.2. The van der Waals surface area contributed by atoms with Crippen LogP contribution in [0.15, 0.2) is 285 Å². The topological polar surface area (TPSA) is 3.24 Å². The Hall–Kier alpha value is -9.56. The van der Waals surface area contributed by atoms with Gasteiger partial charge in [0.15, 0.2) is 0 Å². The van der Waals surface area contributed by atoms with E-state index in [-0.39, 0.29) is 0 Å². The van der Waals surface area contributed by atoms with Crippen molar-refractivity contribution in [2.75, 3.05) is 4.90 Å². The van der Waals surface area contributed by atoms with Gasteiger partial charge in [0, 0.05) is 16.9 Å². The Morgan fingerprint density at radius 1 is 0.213 bits per heavy atom. The second-order valence-corrected chi connectivity index (χ2v) is 20.6. The summed E-state index contributed by atoms with van der Waals surface area (Å²) >= 11 is 0. The molecule has 13 aromatic rings. The fourth-order valence-electron chi connectivity index (χ4n) is 14.2. The molecular formula is C74H47N. The number of anilines is 3. The molecular weight excluding hydrogens is 903 g/mol. The smallest absolute Gasteiger partial charge is 0.0726 e. The van der Waals surface area contributed by atoms with Gasteiger partial charge in [-0.3, -0.25) is 0 Å². The molecule has 348 valence electrons. The minimum Gasteiger partial charge on any atom is -0.310 e. The molecule has 13 aromatic carbocycles. The Balaban J connectivity index is 1.04. The first-order chi connectivity index (χ1) is 37.2. The van der Waals surface area contributed by atoms with Crippen LogP contribution in [0.2, 0.25) is 0 Å². The van der Waals surface area contributed by atoms with E-state index in [0.717, 1.165) is 17.1 Å². The van der Waals surface area contributed by atoms with E-state index in [1.165, 1.54) is 121 Å². The van der Waals surface area contributed by atoms with Gasteiger partial charge in [0.2, 0.25) is 0 Å². The molecule has 0 unspecified atom stereocenters. The molecule has 0 saturated heterocycles. The van der Waals surface area contributed by atoms with Crippen molar-refractivity contribution in [2.45, 2.75) is 10.8 Å². The summed E-state index contributed by atoms with van der Waals surface area (Å²) in [4.78, 5) is 2.55. The van der Waals surface area contributed by atoms with E-state index in [0.29, 0.717) is 0 Å². The summed E-state index contributed by atoms with van der Waals surface area (Å²) in [6.07, 6.45) is 0. The molecule has 0 amide bonds. The van der Waals surface area contributed by atoms with Crippen molar-refractivity contribution < 1.29 is 0 Å². The van der Waals surface area contributed by atoms with Crippen LogP contribution in [0, 0.1) is 0 Å². The molecule has 1 heteroatoms. The fourth-order valence-corrected chi connectivity index (χ4v) is 14.2. The molecule has 0 aliphatic heterocycles. The first-order valence-electron chi connectivity index (χ1n) is 26.2. The van der Waals surface area contributed by atoms with Crippen LogP contribution < -0.4 is 4.90 Å². The molecule has 1 nitrogen and oxygen atoms in total. The van der Waals surface area contributed by atoms with Gasteiger partial charge in [0.05, 0.1) is 16.5 Å². The predicted octanol–water partition coefficient (Wildman–Crippen LogP) is 19.0. The number of hydrogen-bond donors (Lipinski definition) is 0. The maximum absolute atomic E-state index is 2.59. The molecule has 0 saturated carbocycles. The highest BCUT2D eigenvalue weighted by molar-refractivity contribution is 6.26. The van der Waals surface area contributed by atoms with Crippen molar-refractivity contribution in [2.24, 2.45) is 0 Å². The standard InChI is InChI=1S/C74H47N/c1-4-22-49(23-5-1)73(50-24-6-2-7-25-50)66-36-18-14-34-60(66)62-42-40-48(44-70(62)73)63-46-65-61-35-17-21-39-69(61)74(67-37-19-15-32-58(67)59-33-16-20-38-68(59)74)71(65)47-72(63)75(51-26-8-3-9-27-51)52-41-43-57-55-30-11-10-28-53(55)54-29-12-13-31-56(54)64(57)45-52/h1-47H. The minimum absolute atomic E-state index is 0.539. The summed E-state index contributed by atoms with van der Waals surface area (Å²) in [5.74, 6) is 0. The lowest BCUT2D eigenvalue weighted by Gasteiger charge is -2.35. The number of rotatable bonds is 6. The third kappa shape index (κ3) is 5.67. The Morgan fingerprint density at radius 3 is 1.15 bits per heavy atom. The number of hydrogen-bond acceptors (Lipinski definition) is 1.